The number of nitrogens with zero attached hydrogens (tertiary/aromatic N) is 1. The smallest absolute Gasteiger partial charge is 0.401 e. The molecular weight excluding hydrogens is 426 g/mol. The molecule has 0 amide bonds. The lowest BCUT2D eigenvalue weighted by Crippen LogP contribution is -3.00. The van der Waals surface area contributed by atoms with Crippen molar-refractivity contribution >= 4 is 38.8 Å². The Morgan fingerprint density at radius 2 is 1.92 bits per heavy atom. The largest absolute Gasteiger partial charge is 1.00 e. The highest BCUT2D eigenvalue weighted by Gasteiger charge is 2.31. The summed E-state index contributed by atoms with van der Waals surface area (Å²) >= 11 is 3.05. The Kier molecular flexibility index (Phi) is 6.69. The van der Waals surface area contributed by atoms with Gasteiger partial charge in [-0.1, -0.05) is 41.7 Å². The van der Waals surface area contributed by atoms with E-state index in [-0.39, 0.29) is 29.4 Å². The normalized spacial score (nSPS) is 10.3. The molecule has 8 heteroatoms. The van der Waals surface area contributed by atoms with Gasteiger partial charge < -0.3 is 26.5 Å². The summed E-state index contributed by atoms with van der Waals surface area (Å²) in [5.41, 5.74) is 1.72. The van der Waals surface area contributed by atoms with Crippen LogP contribution in [0.2, 0.25) is 0 Å². The number of fused-ring (bicyclic) bond motifs is 1. The predicted molar refractivity (Wildman–Crippen MR) is 92.4 cm³/mol. The van der Waals surface area contributed by atoms with E-state index in [0.29, 0.717) is 12.5 Å². The first-order chi connectivity index (χ1) is 11.6. The average Bonchev–Trinajstić information content (AvgIpc) is 3.09. The van der Waals surface area contributed by atoms with E-state index in [9.17, 15) is 9.59 Å². The van der Waals surface area contributed by atoms with Crippen molar-refractivity contribution in [1.82, 2.24) is 0 Å². The van der Waals surface area contributed by atoms with E-state index in [0.717, 1.165) is 20.3 Å². The Morgan fingerprint density at radius 3 is 2.56 bits per heavy atom. The number of aromatic nitrogens is 1. The number of rotatable bonds is 5. The van der Waals surface area contributed by atoms with Gasteiger partial charge in [0.1, 0.15) is 6.42 Å². The van der Waals surface area contributed by atoms with Gasteiger partial charge in [-0.3, -0.25) is 9.59 Å². The van der Waals surface area contributed by atoms with Gasteiger partial charge in [0.25, 0.3) is 0 Å². The van der Waals surface area contributed by atoms with Crippen molar-refractivity contribution in [3.05, 3.63) is 41.4 Å². The molecule has 3 aromatic rings. The van der Waals surface area contributed by atoms with Crippen LogP contribution in [0.25, 0.3) is 14.6 Å². The zero-order valence-corrected chi connectivity index (χ0v) is 16.9. The highest BCUT2D eigenvalue weighted by Crippen LogP contribution is 2.37. The highest BCUT2D eigenvalue weighted by molar-refractivity contribution is 7.36. The summed E-state index contributed by atoms with van der Waals surface area (Å²) in [7, 11) is 0. The maximum Gasteiger partial charge on any atom is 0.401 e. The molecule has 0 unspecified atom stereocenters. The molecule has 2 aromatic heterocycles. The molecule has 0 spiro atoms. The number of halogens is 1. The minimum atomic E-state index is -0.396. The van der Waals surface area contributed by atoms with E-state index < -0.39 is 5.97 Å². The lowest BCUT2D eigenvalue weighted by atomic mass is 10.2. The number of esters is 2. The minimum absolute atomic E-state index is 0. The maximum absolute atomic E-state index is 11.8. The van der Waals surface area contributed by atoms with Crippen LogP contribution in [0, 0.1) is 0 Å². The second kappa shape index (κ2) is 8.55. The van der Waals surface area contributed by atoms with Crippen molar-refractivity contribution in [3.63, 3.8) is 0 Å². The minimum Gasteiger partial charge on any atom is -1.00 e. The van der Waals surface area contributed by atoms with Gasteiger partial charge in [0.2, 0.25) is 5.69 Å². The molecule has 0 aliphatic rings. The molecule has 0 bridgehead atoms. The fourth-order valence-corrected chi connectivity index (χ4v) is 4.60. The van der Waals surface area contributed by atoms with Crippen molar-refractivity contribution < 1.29 is 40.4 Å². The lowest BCUT2D eigenvalue weighted by Gasteiger charge is -2.00. The van der Waals surface area contributed by atoms with Crippen LogP contribution in [0.15, 0.2) is 35.7 Å². The van der Waals surface area contributed by atoms with Crippen molar-refractivity contribution in [3.8, 4) is 16.3 Å². The van der Waals surface area contributed by atoms with Crippen molar-refractivity contribution in [2.75, 3.05) is 6.61 Å². The summed E-state index contributed by atoms with van der Waals surface area (Å²) in [6.45, 7) is 3.49. The average molecular weight is 442 g/mol. The molecular formula is C17H16BrNO4S2. The summed E-state index contributed by atoms with van der Waals surface area (Å²) in [5.74, 6) is -0.243. The quantitative estimate of drug-likeness (QED) is 0.420. The number of carbonyl (C=O) groups excluding carboxylic acids is 2. The van der Waals surface area contributed by atoms with Crippen LogP contribution in [-0.2, 0) is 20.7 Å². The van der Waals surface area contributed by atoms with Crippen LogP contribution in [-0.4, -0.2) is 18.5 Å². The zero-order valence-electron chi connectivity index (χ0n) is 13.7. The Hall–Kier alpha value is -1.77. The van der Waals surface area contributed by atoms with E-state index in [1.165, 1.54) is 29.6 Å². The molecule has 0 atom stereocenters. The first kappa shape index (κ1) is 19.6. The van der Waals surface area contributed by atoms with Gasteiger partial charge in [0, 0.05) is 12.5 Å². The van der Waals surface area contributed by atoms with Crippen LogP contribution in [0.4, 0.5) is 0 Å². The number of ether oxygens (including phenoxy) is 2. The number of hydrogen-bond donors (Lipinski definition) is 0. The topological polar surface area (TPSA) is 56.7 Å². The van der Waals surface area contributed by atoms with Gasteiger partial charge in [-0.05, 0) is 18.3 Å². The van der Waals surface area contributed by atoms with E-state index in [1.807, 2.05) is 40.1 Å². The Morgan fingerprint density at radius 1 is 1.20 bits per heavy atom. The van der Waals surface area contributed by atoms with Gasteiger partial charge in [-0.25, -0.2) is 0 Å². The number of benzene rings is 1. The Bertz CT molecular complexity index is 889. The Labute approximate surface area is 163 Å². The van der Waals surface area contributed by atoms with Crippen LogP contribution in [0.1, 0.15) is 19.5 Å². The summed E-state index contributed by atoms with van der Waals surface area (Å²) in [5, 5.41) is 1.89. The summed E-state index contributed by atoms with van der Waals surface area (Å²) in [4.78, 5) is 24.3. The van der Waals surface area contributed by atoms with Crippen LogP contribution < -0.4 is 26.1 Å². The second-order valence-corrected chi connectivity index (χ2v) is 7.12. The standard InChI is InChI=1S/C17H16NO4S2.BrH/c1-3-21-14(20)9-13-10-23-17-18(13)16(22-11(2)19)15(24-17)12-7-5-4-6-8-12;/h4-8,10H,3,9H2,1-2H3;1H/q+1;/p-1. The third-order valence-corrected chi connectivity index (χ3v) is 5.54. The molecule has 25 heavy (non-hydrogen) atoms. The van der Waals surface area contributed by atoms with Gasteiger partial charge >= 0.3 is 22.0 Å². The monoisotopic (exact) mass is 441 g/mol. The molecule has 0 aliphatic carbocycles. The van der Waals surface area contributed by atoms with Gasteiger partial charge in [-0.15, -0.1) is 4.40 Å². The molecule has 0 aliphatic heterocycles. The molecule has 1 aromatic carbocycles. The van der Waals surface area contributed by atoms with Crippen LogP contribution in [0.3, 0.4) is 0 Å². The number of carbonyl (C=O) groups is 2. The fourth-order valence-electron chi connectivity index (χ4n) is 2.34. The van der Waals surface area contributed by atoms with Crippen LogP contribution in [0.5, 0.6) is 5.88 Å². The van der Waals surface area contributed by atoms with Crippen molar-refractivity contribution in [2.45, 2.75) is 20.3 Å². The van der Waals surface area contributed by atoms with Gasteiger partial charge in [-0.2, -0.15) is 0 Å². The van der Waals surface area contributed by atoms with Crippen molar-refractivity contribution in [2.24, 2.45) is 0 Å². The highest BCUT2D eigenvalue weighted by atomic mass is 79.9. The van der Waals surface area contributed by atoms with Gasteiger partial charge in [0.15, 0.2) is 4.88 Å². The molecule has 0 saturated heterocycles. The van der Waals surface area contributed by atoms with E-state index in [4.69, 9.17) is 9.47 Å². The van der Waals surface area contributed by atoms with Crippen LogP contribution >= 0.6 is 22.7 Å². The molecule has 0 saturated carbocycles. The maximum atomic E-state index is 11.8. The predicted octanol–water partition coefficient (Wildman–Crippen LogP) is 0.250. The SMILES string of the molecule is CCOC(=O)Cc1csc2sc(-c3ccccc3)c(OC(C)=O)[n+]12.[Br-]. The third-order valence-electron chi connectivity index (χ3n) is 3.26. The van der Waals surface area contributed by atoms with E-state index >= 15 is 0 Å². The summed E-state index contributed by atoms with van der Waals surface area (Å²) in [6, 6.07) is 9.74. The molecule has 0 N–H and O–H groups in total. The molecule has 2 heterocycles. The first-order valence-corrected chi connectivity index (χ1v) is 9.14. The molecule has 3 rings (SSSR count). The van der Waals surface area contributed by atoms with E-state index in [1.54, 1.807) is 6.92 Å². The number of thiazole rings is 2. The molecule has 0 fully saturated rings. The second-order valence-electron chi connectivity index (χ2n) is 5.01. The zero-order chi connectivity index (χ0) is 17.1. The summed E-state index contributed by atoms with van der Waals surface area (Å²) in [6.07, 6.45) is 0.137. The third kappa shape index (κ3) is 4.26. The summed E-state index contributed by atoms with van der Waals surface area (Å²) < 4.78 is 13.3. The first-order valence-electron chi connectivity index (χ1n) is 7.44. The van der Waals surface area contributed by atoms with Crippen molar-refractivity contribution in [1.29, 1.82) is 0 Å². The molecule has 5 nitrogen and oxygen atoms in total. The molecule has 0 radical (unpaired) electrons. The Balaban J connectivity index is 0.00000225. The molecule has 132 valence electrons. The van der Waals surface area contributed by atoms with Gasteiger partial charge in [0.05, 0.1) is 12.0 Å². The van der Waals surface area contributed by atoms with E-state index in [2.05, 4.69) is 0 Å². The number of hydrogen-bond acceptors (Lipinski definition) is 6. The lowest BCUT2D eigenvalue weighted by molar-refractivity contribution is -0.519. The fraction of sp³-hybridized carbons (Fsp3) is 0.235.